The van der Waals surface area contributed by atoms with Crippen LogP contribution in [0.15, 0.2) is 0 Å². The molecule has 5 nitrogen and oxygen atoms in total. The molecule has 0 radical (unpaired) electrons. The van der Waals surface area contributed by atoms with E-state index in [0.717, 1.165) is 12.2 Å². The Labute approximate surface area is 83.5 Å². The smallest absolute Gasteiger partial charge is 0.296 e. The molecule has 1 aromatic heterocycles. The first-order valence-electron chi connectivity index (χ1n) is 4.68. The molecule has 0 aliphatic heterocycles. The number of hydrogen-bond donors (Lipinski definition) is 1. The van der Waals surface area contributed by atoms with Crippen molar-refractivity contribution in [3.8, 4) is 0 Å². The van der Waals surface area contributed by atoms with Gasteiger partial charge in [-0.1, -0.05) is 26.0 Å². The highest BCUT2D eigenvalue weighted by Crippen LogP contribution is 2.16. The first-order chi connectivity index (χ1) is 6.38. The zero-order valence-corrected chi connectivity index (χ0v) is 9.16. The Morgan fingerprint density at radius 2 is 2.14 bits per heavy atom. The second kappa shape index (κ2) is 3.86. The molecule has 5 heteroatoms. The van der Waals surface area contributed by atoms with Gasteiger partial charge in [0.05, 0.1) is 0 Å². The van der Waals surface area contributed by atoms with Crippen LogP contribution < -0.4 is 4.68 Å². The van der Waals surface area contributed by atoms with Crippen LogP contribution in [0, 0.1) is 5.41 Å². The number of nitrogens with zero attached hydrogens (tertiary/aromatic N) is 3. The average molecular weight is 197 g/mol. The number of Topliss-reactive ketones (excluding diaryl/α,β-unsaturated/α-hetero) is 1. The maximum atomic E-state index is 10.9. The molecule has 14 heavy (non-hydrogen) atoms. The number of ketones is 1. The number of rotatable bonds is 3. The molecule has 0 saturated heterocycles. The van der Waals surface area contributed by atoms with E-state index in [0.29, 0.717) is 6.54 Å². The summed E-state index contributed by atoms with van der Waals surface area (Å²) in [4.78, 5) is 10.9. The first kappa shape index (κ1) is 10.8. The molecule has 0 aliphatic rings. The van der Waals surface area contributed by atoms with Crippen LogP contribution in [0.2, 0.25) is 0 Å². The molecule has 0 fully saturated rings. The number of H-pyrrole nitrogens is 1. The minimum absolute atomic E-state index is 0.0937. The van der Waals surface area contributed by atoms with Crippen LogP contribution in [0.5, 0.6) is 0 Å². The summed E-state index contributed by atoms with van der Waals surface area (Å²) in [5.74, 6) is 0.920. The molecule has 0 unspecified atom stereocenters. The summed E-state index contributed by atoms with van der Waals surface area (Å²) in [6, 6.07) is 0. The van der Waals surface area contributed by atoms with Crippen LogP contribution in [0.4, 0.5) is 0 Å². The molecule has 0 spiro atoms. The Morgan fingerprint density at radius 1 is 1.50 bits per heavy atom. The maximum absolute atomic E-state index is 10.9. The summed E-state index contributed by atoms with van der Waals surface area (Å²) in [7, 11) is 0. The molecule has 0 saturated carbocycles. The van der Waals surface area contributed by atoms with Crippen molar-refractivity contribution in [2.45, 2.75) is 40.7 Å². The largest absolute Gasteiger partial charge is 0.301 e. The summed E-state index contributed by atoms with van der Waals surface area (Å²) in [5, 5.41) is 10.3. The van der Waals surface area contributed by atoms with Crippen molar-refractivity contribution in [3.63, 3.8) is 0 Å². The number of carbonyl (C=O) groups is 1. The van der Waals surface area contributed by atoms with E-state index in [2.05, 4.69) is 36.3 Å². The lowest BCUT2D eigenvalue weighted by atomic mass is 9.92. The van der Waals surface area contributed by atoms with Crippen molar-refractivity contribution in [2.75, 3.05) is 0 Å². The number of tetrazole rings is 1. The van der Waals surface area contributed by atoms with Gasteiger partial charge in [-0.05, 0) is 12.3 Å². The van der Waals surface area contributed by atoms with Crippen LogP contribution >= 0.6 is 0 Å². The Kier molecular flexibility index (Phi) is 2.98. The number of aromatic amines is 1. The van der Waals surface area contributed by atoms with Gasteiger partial charge in [-0.25, -0.2) is 0 Å². The number of hydrogen-bond acceptors (Lipinski definition) is 3. The minimum atomic E-state index is 0.0937. The summed E-state index contributed by atoms with van der Waals surface area (Å²) in [6.07, 6.45) is 0.802. The van der Waals surface area contributed by atoms with Crippen molar-refractivity contribution in [2.24, 2.45) is 5.41 Å². The fraction of sp³-hybridized carbons (Fsp3) is 0.778. The molecule has 0 aliphatic carbocycles. The van der Waals surface area contributed by atoms with E-state index in [-0.39, 0.29) is 11.2 Å². The van der Waals surface area contributed by atoms with Gasteiger partial charge >= 0.3 is 5.82 Å². The highest BCUT2D eigenvalue weighted by molar-refractivity contribution is 5.73. The average Bonchev–Trinajstić information content (AvgIpc) is 2.32. The van der Waals surface area contributed by atoms with Crippen molar-refractivity contribution >= 4 is 5.78 Å². The molecule has 0 atom stereocenters. The third-order valence-corrected chi connectivity index (χ3v) is 1.71. The Bertz CT molecular complexity index is 324. The van der Waals surface area contributed by atoms with Crippen molar-refractivity contribution in [1.82, 2.24) is 15.5 Å². The SMILES string of the molecule is CC(=O)C[n+]1[nH]nnc1CC(C)(C)C. The van der Waals surface area contributed by atoms with Crippen LogP contribution in [-0.2, 0) is 17.8 Å². The Balaban J connectivity index is 2.77. The minimum Gasteiger partial charge on any atom is -0.296 e. The van der Waals surface area contributed by atoms with Gasteiger partial charge in [-0.2, -0.15) is 4.68 Å². The lowest BCUT2D eigenvalue weighted by Gasteiger charge is -2.13. The van der Waals surface area contributed by atoms with Gasteiger partial charge in [-0.15, -0.1) is 0 Å². The lowest BCUT2D eigenvalue weighted by molar-refractivity contribution is -0.749. The van der Waals surface area contributed by atoms with Crippen LogP contribution in [0.3, 0.4) is 0 Å². The molecule has 1 N–H and O–H groups in total. The normalized spacial score (nSPS) is 11.7. The Morgan fingerprint density at radius 3 is 2.64 bits per heavy atom. The van der Waals surface area contributed by atoms with Crippen molar-refractivity contribution in [1.29, 1.82) is 0 Å². The highest BCUT2D eigenvalue weighted by atomic mass is 16.1. The second-order valence-electron chi connectivity index (χ2n) is 4.74. The molecular weight excluding hydrogens is 180 g/mol. The van der Waals surface area contributed by atoms with E-state index >= 15 is 0 Å². The van der Waals surface area contributed by atoms with E-state index in [1.165, 1.54) is 0 Å². The fourth-order valence-electron chi connectivity index (χ4n) is 1.20. The van der Waals surface area contributed by atoms with Gasteiger partial charge in [0.15, 0.2) is 11.0 Å². The van der Waals surface area contributed by atoms with Gasteiger partial charge < -0.3 is 0 Å². The fourth-order valence-corrected chi connectivity index (χ4v) is 1.20. The molecule has 1 rings (SSSR count). The highest BCUT2D eigenvalue weighted by Gasteiger charge is 2.22. The second-order valence-corrected chi connectivity index (χ2v) is 4.74. The summed E-state index contributed by atoms with van der Waals surface area (Å²) >= 11 is 0. The van der Waals surface area contributed by atoms with Crippen LogP contribution in [0.25, 0.3) is 0 Å². The van der Waals surface area contributed by atoms with Crippen LogP contribution in [-0.4, -0.2) is 21.3 Å². The molecule has 0 amide bonds. The van der Waals surface area contributed by atoms with E-state index in [4.69, 9.17) is 0 Å². The predicted molar refractivity (Wildman–Crippen MR) is 50.4 cm³/mol. The summed E-state index contributed by atoms with van der Waals surface area (Å²) in [6.45, 7) is 8.24. The predicted octanol–water partition coefficient (Wildman–Crippen LogP) is 0.270. The quantitative estimate of drug-likeness (QED) is 0.707. The summed E-state index contributed by atoms with van der Waals surface area (Å²) in [5.41, 5.74) is 0.148. The van der Waals surface area contributed by atoms with E-state index < -0.39 is 0 Å². The van der Waals surface area contributed by atoms with Crippen molar-refractivity contribution in [3.05, 3.63) is 5.82 Å². The molecule has 1 heterocycles. The third kappa shape index (κ3) is 3.24. The molecule has 78 valence electrons. The molecule has 0 bridgehead atoms. The lowest BCUT2D eigenvalue weighted by Crippen LogP contribution is -2.43. The van der Waals surface area contributed by atoms with Gasteiger partial charge in [0, 0.05) is 6.42 Å². The maximum Gasteiger partial charge on any atom is 0.301 e. The standard InChI is InChI=1S/C9H16N4O/c1-7(14)6-13-8(10-11-12-13)5-9(2,3)4/h5-6H2,1-4H3/p+1. The van der Waals surface area contributed by atoms with Gasteiger partial charge in [0.2, 0.25) is 0 Å². The van der Waals surface area contributed by atoms with E-state index in [1.807, 2.05) is 0 Å². The third-order valence-electron chi connectivity index (χ3n) is 1.71. The van der Waals surface area contributed by atoms with Crippen molar-refractivity contribution < 1.29 is 9.48 Å². The number of carbonyl (C=O) groups excluding carboxylic acids is 1. The molecular formula is C9H17N4O+. The zero-order chi connectivity index (χ0) is 10.8. The van der Waals surface area contributed by atoms with E-state index in [1.54, 1.807) is 11.6 Å². The monoisotopic (exact) mass is 197 g/mol. The summed E-state index contributed by atoms with van der Waals surface area (Å²) < 4.78 is 1.69. The van der Waals surface area contributed by atoms with Gasteiger partial charge in [0.1, 0.15) is 11.6 Å². The van der Waals surface area contributed by atoms with Gasteiger partial charge in [0.25, 0.3) is 0 Å². The Hall–Kier alpha value is -1.26. The topological polar surface area (TPSA) is 62.5 Å². The van der Waals surface area contributed by atoms with Gasteiger partial charge in [-0.3, -0.25) is 4.79 Å². The molecule has 0 aromatic carbocycles. The van der Waals surface area contributed by atoms with E-state index in [9.17, 15) is 4.79 Å². The zero-order valence-electron chi connectivity index (χ0n) is 9.16. The van der Waals surface area contributed by atoms with Crippen LogP contribution in [0.1, 0.15) is 33.5 Å². The first-order valence-corrected chi connectivity index (χ1v) is 4.68. The number of aromatic nitrogens is 4. The molecule has 1 aromatic rings. The number of nitrogens with one attached hydrogen (secondary N) is 1.